The molecule has 1 saturated heterocycles. The summed E-state index contributed by atoms with van der Waals surface area (Å²) in [6.45, 7) is 2.98. The highest BCUT2D eigenvalue weighted by atomic mass is 16.4. The Morgan fingerprint density at radius 2 is 2.26 bits per heavy atom. The van der Waals surface area contributed by atoms with E-state index in [0.717, 1.165) is 6.42 Å². The predicted octanol–water partition coefficient (Wildman–Crippen LogP) is -0.513. The first-order valence-corrected chi connectivity index (χ1v) is 6.22. The van der Waals surface area contributed by atoms with Gasteiger partial charge in [0.25, 0.3) is 0 Å². The largest absolute Gasteiger partial charge is 0.476 e. The summed E-state index contributed by atoms with van der Waals surface area (Å²) in [6, 6.07) is -0.463. The number of hydrogen-bond acceptors (Lipinski definition) is 5. The van der Waals surface area contributed by atoms with Gasteiger partial charge in [-0.15, -0.1) is 5.10 Å². The molecule has 0 aromatic carbocycles. The molecule has 8 heteroatoms. The van der Waals surface area contributed by atoms with Crippen molar-refractivity contribution in [3.63, 3.8) is 0 Å². The van der Waals surface area contributed by atoms with E-state index >= 15 is 0 Å². The zero-order valence-electron chi connectivity index (χ0n) is 10.7. The number of carbonyl (C=O) groups excluding carboxylic acids is 1. The Morgan fingerprint density at radius 3 is 2.79 bits per heavy atom. The summed E-state index contributed by atoms with van der Waals surface area (Å²) in [6.07, 6.45) is 2.92. The third kappa shape index (κ3) is 2.73. The van der Waals surface area contributed by atoms with E-state index < -0.39 is 12.0 Å². The van der Waals surface area contributed by atoms with Crippen molar-refractivity contribution >= 4 is 11.9 Å². The van der Waals surface area contributed by atoms with Crippen LogP contribution < -0.4 is 5.73 Å². The molecule has 0 spiro atoms. The zero-order valence-corrected chi connectivity index (χ0v) is 10.7. The molecule has 1 unspecified atom stereocenters. The lowest BCUT2D eigenvalue weighted by Gasteiger charge is -2.40. The van der Waals surface area contributed by atoms with Gasteiger partial charge in [-0.05, 0) is 6.42 Å². The number of amides is 1. The summed E-state index contributed by atoms with van der Waals surface area (Å²) in [5.41, 5.74) is 5.67. The Labute approximate surface area is 110 Å². The fourth-order valence-corrected chi connectivity index (χ4v) is 2.02. The lowest BCUT2D eigenvalue weighted by molar-refractivity contribution is -0.138. The van der Waals surface area contributed by atoms with Gasteiger partial charge in [-0.25, -0.2) is 9.48 Å². The maximum absolute atomic E-state index is 11.9. The second-order valence-corrected chi connectivity index (χ2v) is 4.68. The monoisotopic (exact) mass is 267 g/mol. The number of carbonyl (C=O) groups is 2. The van der Waals surface area contributed by atoms with Gasteiger partial charge in [0.15, 0.2) is 5.69 Å². The fourth-order valence-electron chi connectivity index (χ4n) is 2.02. The number of carboxylic acid groups (broad SMARTS) is 1. The molecule has 0 saturated carbocycles. The second kappa shape index (κ2) is 5.35. The third-order valence-electron chi connectivity index (χ3n) is 3.19. The van der Waals surface area contributed by atoms with Gasteiger partial charge in [0.1, 0.15) is 0 Å². The normalized spacial score (nSPS) is 17.1. The lowest BCUT2D eigenvalue weighted by Crippen LogP contribution is -2.55. The second-order valence-electron chi connectivity index (χ2n) is 4.68. The van der Waals surface area contributed by atoms with Crippen LogP contribution in [0, 0.1) is 0 Å². The molecule has 8 nitrogen and oxygen atoms in total. The van der Waals surface area contributed by atoms with Crippen LogP contribution in [0.3, 0.4) is 0 Å². The van der Waals surface area contributed by atoms with Gasteiger partial charge in [-0.3, -0.25) is 4.79 Å². The van der Waals surface area contributed by atoms with Crippen LogP contribution in [0.5, 0.6) is 0 Å². The van der Waals surface area contributed by atoms with E-state index in [1.807, 2.05) is 6.92 Å². The van der Waals surface area contributed by atoms with Crippen molar-refractivity contribution in [2.24, 2.45) is 5.73 Å². The summed E-state index contributed by atoms with van der Waals surface area (Å²) in [7, 11) is 0. The van der Waals surface area contributed by atoms with E-state index in [-0.39, 0.29) is 17.6 Å². The minimum atomic E-state index is -1.11. The van der Waals surface area contributed by atoms with E-state index in [0.29, 0.717) is 19.5 Å². The van der Waals surface area contributed by atoms with Crippen molar-refractivity contribution in [3.05, 3.63) is 11.9 Å². The summed E-state index contributed by atoms with van der Waals surface area (Å²) < 4.78 is 1.48. The van der Waals surface area contributed by atoms with Crippen LogP contribution in [-0.2, 0) is 4.79 Å². The van der Waals surface area contributed by atoms with Gasteiger partial charge in [0, 0.05) is 13.1 Å². The molecule has 1 fully saturated rings. The Bertz CT molecular complexity index is 480. The van der Waals surface area contributed by atoms with Crippen molar-refractivity contribution in [3.8, 4) is 0 Å². The van der Waals surface area contributed by atoms with E-state index in [2.05, 4.69) is 10.3 Å². The van der Waals surface area contributed by atoms with Crippen molar-refractivity contribution in [2.75, 3.05) is 13.1 Å². The highest BCUT2D eigenvalue weighted by Gasteiger charge is 2.34. The number of likely N-dealkylation sites (tertiary alicyclic amines) is 1. The Kier molecular flexibility index (Phi) is 3.79. The Balaban J connectivity index is 1.88. The van der Waals surface area contributed by atoms with Crippen molar-refractivity contribution in [1.82, 2.24) is 19.9 Å². The molecule has 104 valence electrons. The molecule has 1 amide bonds. The van der Waals surface area contributed by atoms with Gasteiger partial charge in [-0.1, -0.05) is 18.6 Å². The Morgan fingerprint density at radius 1 is 1.58 bits per heavy atom. The maximum atomic E-state index is 11.9. The van der Waals surface area contributed by atoms with Crippen LogP contribution in [0.1, 0.15) is 36.3 Å². The minimum Gasteiger partial charge on any atom is -0.476 e. The highest BCUT2D eigenvalue weighted by Crippen LogP contribution is 2.21. The van der Waals surface area contributed by atoms with Crippen LogP contribution in [0.25, 0.3) is 0 Å². The number of aromatic nitrogens is 3. The van der Waals surface area contributed by atoms with E-state index in [4.69, 9.17) is 10.8 Å². The summed E-state index contributed by atoms with van der Waals surface area (Å²) in [4.78, 5) is 24.2. The quantitative estimate of drug-likeness (QED) is 0.742. The third-order valence-corrected chi connectivity index (χ3v) is 3.19. The summed E-state index contributed by atoms with van der Waals surface area (Å²) in [5.74, 6) is -1.17. The van der Waals surface area contributed by atoms with Gasteiger partial charge in [0.2, 0.25) is 5.91 Å². The molecule has 1 aliphatic heterocycles. The average Bonchev–Trinajstić information content (AvgIpc) is 2.76. The molecule has 1 atom stereocenters. The smallest absolute Gasteiger partial charge is 0.358 e. The zero-order chi connectivity index (χ0) is 14.0. The van der Waals surface area contributed by atoms with Crippen LogP contribution in [0.15, 0.2) is 6.20 Å². The molecule has 19 heavy (non-hydrogen) atoms. The van der Waals surface area contributed by atoms with Crippen LogP contribution in [-0.4, -0.2) is 56.0 Å². The van der Waals surface area contributed by atoms with Gasteiger partial charge in [0.05, 0.1) is 18.3 Å². The van der Waals surface area contributed by atoms with Crippen LogP contribution >= 0.6 is 0 Å². The predicted molar refractivity (Wildman–Crippen MR) is 65.5 cm³/mol. The molecule has 1 aromatic heterocycles. The van der Waals surface area contributed by atoms with E-state index in [9.17, 15) is 9.59 Å². The van der Waals surface area contributed by atoms with Crippen molar-refractivity contribution in [1.29, 1.82) is 0 Å². The van der Waals surface area contributed by atoms with E-state index in [1.165, 1.54) is 10.9 Å². The fraction of sp³-hybridized carbons (Fsp3) is 0.636. The SMILES string of the molecule is CCCC(N)C(=O)N1CC(n2cc(C(=O)O)nn2)C1. The first-order valence-electron chi connectivity index (χ1n) is 6.22. The minimum absolute atomic E-state index is 0.0154. The molecule has 1 aromatic rings. The van der Waals surface area contributed by atoms with Gasteiger partial charge < -0.3 is 15.7 Å². The molecular formula is C11H17N5O3. The molecule has 1 aliphatic rings. The molecule has 0 radical (unpaired) electrons. The molecular weight excluding hydrogens is 250 g/mol. The number of aromatic carboxylic acids is 1. The first kappa shape index (κ1) is 13.5. The van der Waals surface area contributed by atoms with E-state index in [1.54, 1.807) is 4.90 Å². The van der Waals surface area contributed by atoms with Crippen LogP contribution in [0.2, 0.25) is 0 Å². The highest BCUT2D eigenvalue weighted by molar-refractivity contribution is 5.84. The molecule has 2 heterocycles. The van der Waals surface area contributed by atoms with Crippen molar-refractivity contribution in [2.45, 2.75) is 31.8 Å². The lowest BCUT2D eigenvalue weighted by atomic mass is 10.1. The summed E-state index contributed by atoms with van der Waals surface area (Å²) >= 11 is 0. The molecule has 2 rings (SSSR count). The van der Waals surface area contributed by atoms with Crippen LogP contribution in [0.4, 0.5) is 0 Å². The summed E-state index contributed by atoms with van der Waals surface area (Å²) in [5, 5.41) is 16.0. The number of hydrogen-bond donors (Lipinski definition) is 2. The Hall–Kier alpha value is -1.96. The number of carboxylic acids is 1. The maximum Gasteiger partial charge on any atom is 0.358 e. The van der Waals surface area contributed by atoms with Gasteiger partial charge in [-0.2, -0.15) is 0 Å². The topological polar surface area (TPSA) is 114 Å². The number of nitrogens with zero attached hydrogens (tertiary/aromatic N) is 4. The number of rotatable bonds is 5. The molecule has 0 aliphatic carbocycles. The standard InChI is InChI=1S/C11H17N5O3/c1-2-3-8(12)10(17)15-4-7(5-15)16-6-9(11(18)19)13-14-16/h6-8H,2-5,12H2,1H3,(H,18,19). The van der Waals surface area contributed by atoms with Gasteiger partial charge >= 0.3 is 5.97 Å². The molecule has 0 bridgehead atoms. The number of nitrogens with two attached hydrogens (primary N) is 1. The first-order chi connectivity index (χ1) is 9.02. The average molecular weight is 267 g/mol. The van der Waals surface area contributed by atoms with Crippen molar-refractivity contribution < 1.29 is 14.7 Å². The molecule has 3 N–H and O–H groups in total.